The monoisotopic (exact) mass is 382 g/mol. The van der Waals surface area contributed by atoms with Crippen LogP contribution in [0.4, 0.5) is 10.5 Å². The Bertz CT molecular complexity index is 877. The van der Waals surface area contributed by atoms with Crippen LogP contribution in [-0.4, -0.2) is 52.5 Å². The molecule has 1 aromatic carbocycles. The summed E-state index contributed by atoms with van der Waals surface area (Å²) in [6.45, 7) is 12.5. The normalized spacial score (nSPS) is 14.5. The summed E-state index contributed by atoms with van der Waals surface area (Å²) < 4.78 is 2.19. The summed E-state index contributed by atoms with van der Waals surface area (Å²) in [5, 5.41) is 2.94. The van der Waals surface area contributed by atoms with Gasteiger partial charge >= 0.3 is 6.03 Å². The molecule has 0 aliphatic carbocycles. The molecule has 1 fully saturated rings. The molecule has 2 heterocycles. The van der Waals surface area contributed by atoms with E-state index in [9.17, 15) is 9.59 Å². The van der Waals surface area contributed by atoms with E-state index in [-0.39, 0.29) is 11.9 Å². The van der Waals surface area contributed by atoms with Gasteiger partial charge in [0.1, 0.15) is 0 Å². The number of anilines is 1. The molecule has 0 bridgehead atoms. The van der Waals surface area contributed by atoms with Crippen molar-refractivity contribution in [2.24, 2.45) is 0 Å². The number of amides is 3. The van der Waals surface area contributed by atoms with Crippen molar-refractivity contribution in [1.82, 2.24) is 14.4 Å². The Morgan fingerprint density at radius 3 is 2.18 bits per heavy atom. The minimum Gasteiger partial charge on any atom is -0.346 e. The summed E-state index contributed by atoms with van der Waals surface area (Å²) in [5.41, 5.74) is 4.78. The van der Waals surface area contributed by atoms with Crippen molar-refractivity contribution in [3.8, 4) is 0 Å². The highest BCUT2D eigenvalue weighted by Crippen LogP contribution is 2.22. The number of aromatic nitrogens is 1. The van der Waals surface area contributed by atoms with Crippen LogP contribution in [-0.2, 0) is 0 Å². The first-order valence-corrected chi connectivity index (χ1v) is 9.88. The van der Waals surface area contributed by atoms with Crippen LogP contribution in [0.3, 0.4) is 0 Å². The SMILES string of the molecule is Cc1cccc(NC(=O)N2CCN(C(=O)c3cc(C)n(C(C)C)c3C)CC2)c1. The lowest BCUT2D eigenvalue weighted by Crippen LogP contribution is -2.51. The molecular formula is C22H30N4O2. The van der Waals surface area contributed by atoms with Gasteiger partial charge in [-0.25, -0.2) is 4.79 Å². The van der Waals surface area contributed by atoms with Crippen LogP contribution in [0, 0.1) is 20.8 Å². The molecule has 6 heteroatoms. The Labute approximate surface area is 167 Å². The van der Waals surface area contributed by atoms with Gasteiger partial charge in [-0.05, 0) is 58.4 Å². The second kappa shape index (κ2) is 8.09. The van der Waals surface area contributed by atoms with E-state index in [1.165, 1.54) is 0 Å². The summed E-state index contributed by atoms with van der Waals surface area (Å²) >= 11 is 0. The van der Waals surface area contributed by atoms with Crippen LogP contribution >= 0.6 is 0 Å². The predicted octanol–water partition coefficient (Wildman–Crippen LogP) is 3.98. The number of hydrogen-bond donors (Lipinski definition) is 1. The van der Waals surface area contributed by atoms with E-state index in [1.807, 2.05) is 56.0 Å². The number of rotatable bonds is 3. The van der Waals surface area contributed by atoms with Crippen molar-refractivity contribution in [3.05, 3.63) is 52.8 Å². The topological polar surface area (TPSA) is 57.6 Å². The van der Waals surface area contributed by atoms with Gasteiger partial charge < -0.3 is 19.7 Å². The van der Waals surface area contributed by atoms with Gasteiger partial charge in [0.05, 0.1) is 5.56 Å². The molecule has 2 aromatic rings. The molecule has 6 nitrogen and oxygen atoms in total. The van der Waals surface area contributed by atoms with Crippen LogP contribution in [0.2, 0.25) is 0 Å². The summed E-state index contributed by atoms with van der Waals surface area (Å²) in [7, 11) is 0. The Hall–Kier alpha value is -2.76. The molecule has 0 radical (unpaired) electrons. The van der Waals surface area contributed by atoms with Crippen molar-refractivity contribution in [2.45, 2.75) is 40.7 Å². The number of piperazine rings is 1. The smallest absolute Gasteiger partial charge is 0.321 e. The molecule has 0 spiro atoms. The van der Waals surface area contributed by atoms with E-state index in [1.54, 1.807) is 4.90 Å². The van der Waals surface area contributed by atoms with Crippen LogP contribution in [0.1, 0.15) is 47.2 Å². The first kappa shape index (κ1) is 20.0. The molecule has 0 saturated carbocycles. The molecular weight excluding hydrogens is 352 g/mol. The van der Waals surface area contributed by atoms with Crippen molar-refractivity contribution in [3.63, 3.8) is 0 Å². The van der Waals surface area contributed by atoms with Crippen LogP contribution < -0.4 is 5.32 Å². The third-order valence-corrected chi connectivity index (χ3v) is 5.35. The molecule has 3 amide bonds. The first-order chi connectivity index (χ1) is 13.3. The quantitative estimate of drug-likeness (QED) is 0.873. The van der Waals surface area contributed by atoms with Crippen molar-refractivity contribution >= 4 is 17.6 Å². The number of urea groups is 1. The largest absolute Gasteiger partial charge is 0.346 e. The van der Waals surface area contributed by atoms with Crippen LogP contribution in [0.25, 0.3) is 0 Å². The minimum atomic E-state index is -0.115. The van der Waals surface area contributed by atoms with Crippen LogP contribution in [0.15, 0.2) is 30.3 Å². The summed E-state index contributed by atoms with van der Waals surface area (Å²) in [6.07, 6.45) is 0. The highest BCUT2D eigenvalue weighted by molar-refractivity contribution is 5.96. The average molecular weight is 383 g/mol. The van der Waals surface area contributed by atoms with E-state index >= 15 is 0 Å². The highest BCUT2D eigenvalue weighted by Gasteiger charge is 2.27. The highest BCUT2D eigenvalue weighted by atomic mass is 16.2. The zero-order valence-electron chi connectivity index (χ0n) is 17.5. The summed E-state index contributed by atoms with van der Waals surface area (Å²) in [6, 6.07) is 9.94. The number of carbonyl (C=O) groups excluding carboxylic acids is 2. The van der Waals surface area contributed by atoms with E-state index in [0.29, 0.717) is 32.2 Å². The molecule has 1 N–H and O–H groups in total. The Balaban J connectivity index is 1.61. The van der Waals surface area contributed by atoms with Gasteiger partial charge in [-0.3, -0.25) is 4.79 Å². The number of carbonyl (C=O) groups is 2. The molecule has 0 atom stereocenters. The fraction of sp³-hybridized carbons (Fsp3) is 0.455. The standard InChI is InChI=1S/C22H30N4O2/c1-15(2)26-17(4)14-20(18(26)5)21(27)24-9-11-25(12-10-24)22(28)23-19-8-6-7-16(3)13-19/h6-8,13-15H,9-12H2,1-5H3,(H,23,28). The van der Waals surface area contributed by atoms with Gasteiger partial charge in [0.15, 0.2) is 0 Å². The molecule has 28 heavy (non-hydrogen) atoms. The Morgan fingerprint density at radius 1 is 0.964 bits per heavy atom. The molecule has 1 aliphatic rings. The number of nitrogens with zero attached hydrogens (tertiary/aromatic N) is 3. The lowest BCUT2D eigenvalue weighted by molar-refractivity contribution is 0.0671. The third kappa shape index (κ3) is 4.06. The fourth-order valence-electron chi connectivity index (χ4n) is 4.00. The molecule has 3 rings (SSSR count). The Kier molecular flexibility index (Phi) is 5.77. The van der Waals surface area contributed by atoms with Gasteiger partial charge in [0.2, 0.25) is 0 Å². The molecule has 1 aromatic heterocycles. The van der Waals surface area contributed by atoms with Crippen molar-refractivity contribution in [2.75, 3.05) is 31.5 Å². The predicted molar refractivity (Wildman–Crippen MR) is 112 cm³/mol. The second-order valence-corrected chi connectivity index (χ2v) is 7.83. The van der Waals surface area contributed by atoms with Gasteiger partial charge in [0.25, 0.3) is 5.91 Å². The van der Waals surface area contributed by atoms with Crippen LogP contribution in [0.5, 0.6) is 0 Å². The first-order valence-electron chi connectivity index (χ1n) is 9.88. The minimum absolute atomic E-state index is 0.0544. The molecule has 150 valence electrons. The van der Waals surface area contributed by atoms with Gasteiger partial charge in [0, 0.05) is 49.3 Å². The fourth-order valence-corrected chi connectivity index (χ4v) is 4.00. The van der Waals surface area contributed by atoms with E-state index in [2.05, 4.69) is 23.7 Å². The number of aryl methyl sites for hydroxylation is 2. The molecule has 1 aliphatic heterocycles. The average Bonchev–Trinajstić information content (AvgIpc) is 2.95. The lowest BCUT2D eigenvalue weighted by Gasteiger charge is -2.34. The van der Waals surface area contributed by atoms with Crippen molar-refractivity contribution in [1.29, 1.82) is 0 Å². The van der Waals surface area contributed by atoms with E-state index < -0.39 is 0 Å². The van der Waals surface area contributed by atoms with E-state index in [0.717, 1.165) is 28.2 Å². The van der Waals surface area contributed by atoms with Crippen molar-refractivity contribution < 1.29 is 9.59 Å². The Morgan fingerprint density at radius 2 is 1.61 bits per heavy atom. The number of nitrogens with one attached hydrogen (secondary N) is 1. The summed E-state index contributed by atoms with van der Waals surface area (Å²) in [4.78, 5) is 29.1. The zero-order valence-corrected chi connectivity index (χ0v) is 17.5. The van der Waals surface area contributed by atoms with Gasteiger partial charge in [-0.2, -0.15) is 0 Å². The lowest BCUT2D eigenvalue weighted by atomic mass is 10.2. The van der Waals surface area contributed by atoms with Gasteiger partial charge in [-0.15, -0.1) is 0 Å². The second-order valence-electron chi connectivity index (χ2n) is 7.83. The van der Waals surface area contributed by atoms with E-state index in [4.69, 9.17) is 0 Å². The third-order valence-electron chi connectivity index (χ3n) is 5.35. The number of hydrogen-bond acceptors (Lipinski definition) is 2. The molecule has 1 saturated heterocycles. The maximum atomic E-state index is 13.0. The number of benzene rings is 1. The maximum Gasteiger partial charge on any atom is 0.321 e. The summed E-state index contributed by atoms with van der Waals surface area (Å²) in [5.74, 6) is 0.0544. The zero-order chi connectivity index (χ0) is 20.4. The van der Waals surface area contributed by atoms with Gasteiger partial charge in [-0.1, -0.05) is 12.1 Å². The maximum absolute atomic E-state index is 13.0. The molecule has 0 unspecified atom stereocenters.